The zero-order valence-electron chi connectivity index (χ0n) is 10.8. The molecule has 0 fully saturated rings. The summed E-state index contributed by atoms with van der Waals surface area (Å²) in [4.78, 5) is 0. The van der Waals surface area contributed by atoms with E-state index in [0.29, 0.717) is 6.42 Å². The molecule has 0 saturated carbocycles. The predicted molar refractivity (Wildman–Crippen MR) is 78.2 cm³/mol. The highest BCUT2D eigenvalue weighted by molar-refractivity contribution is 5.80. The fraction of sp³-hybridized carbons (Fsp3) is 0.118. The predicted octanol–water partition coefficient (Wildman–Crippen LogP) is 2.84. The van der Waals surface area contributed by atoms with E-state index in [9.17, 15) is 5.21 Å². The van der Waals surface area contributed by atoms with Gasteiger partial charge in [0.1, 0.15) is 7.05 Å². The van der Waals surface area contributed by atoms with Gasteiger partial charge in [-0.3, -0.25) is 0 Å². The van der Waals surface area contributed by atoms with Crippen LogP contribution in [0.4, 0.5) is 0 Å². The maximum atomic E-state index is 11.1. The van der Waals surface area contributed by atoms with Crippen molar-refractivity contribution >= 4 is 6.21 Å². The van der Waals surface area contributed by atoms with Gasteiger partial charge in [-0.25, -0.2) is 4.74 Å². The third-order valence-electron chi connectivity index (χ3n) is 2.64. The second-order valence-corrected chi connectivity index (χ2v) is 4.23. The summed E-state index contributed by atoms with van der Waals surface area (Å²) in [6, 6.07) is 17.7. The van der Waals surface area contributed by atoms with Gasteiger partial charge in [0.2, 0.25) is 0 Å². The molecular weight excluding hydrogens is 234 g/mol. The first-order chi connectivity index (χ1) is 9.25. The highest BCUT2D eigenvalue weighted by Gasteiger charge is 1.98. The average molecular weight is 249 g/mol. The molecule has 2 rings (SSSR count). The van der Waals surface area contributed by atoms with Crippen LogP contribution >= 0.6 is 0 Å². The third kappa shape index (κ3) is 4.01. The molecule has 0 aliphatic carbocycles. The van der Waals surface area contributed by atoms with Crippen LogP contribution in [0.15, 0.2) is 54.6 Å². The SMILES string of the molecule is C/[N+]([O-])=C/c1ccccc1C#CCc1ccccc1. The van der Waals surface area contributed by atoms with Crippen LogP contribution in [0.2, 0.25) is 0 Å². The zero-order chi connectivity index (χ0) is 13.5. The summed E-state index contributed by atoms with van der Waals surface area (Å²) >= 11 is 0. The Bertz CT molecular complexity index is 629. The molecule has 0 radical (unpaired) electrons. The first-order valence-corrected chi connectivity index (χ1v) is 6.12. The van der Waals surface area contributed by atoms with Crippen molar-refractivity contribution in [3.63, 3.8) is 0 Å². The quantitative estimate of drug-likeness (QED) is 0.264. The lowest BCUT2D eigenvalue weighted by atomic mass is 10.1. The largest absolute Gasteiger partial charge is 0.624 e. The van der Waals surface area contributed by atoms with Crippen LogP contribution in [0.3, 0.4) is 0 Å². The molecule has 2 nitrogen and oxygen atoms in total. The molecule has 2 aromatic carbocycles. The Labute approximate surface area is 113 Å². The van der Waals surface area contributed by atoms with Crippen molar-refractivity contribution in [2.75, 3.05) is 7.05 Å². The molecule has 2 aromatic rings. The molecule has 0 amide bonds. The van der Waals surface area contributed by atoms with Crippen molar-refractivity contribution in [2.24, 2.45) is 0 Å². The fourth-order valence-corrected chi connectivity index (χ4v) is 1.76. The van der Waals surface area contributed by atoms with Gasteiger partial charge in [0.15, 0.2) is 6.21 Å². The Balaban J connectivity index is 2.18. The van der Waals surface area contributed by atoms with E-state index in [1.54, 1.807) is 0 Å². The number of rotatable bonds is 2. The van der Waals surface area contributed by atoms with E-state index < -0.39 is 0 Å². The second kappa shape index (κ2) is 6.42. The van der Waals surface area contributed by atoms with Crippen LogP contribution in [0.1, 0.15) is 16.7 Å². The minimum Gasteiger partial charge on any atom is -0.624 e. The number of hydroxylamine groups is 1. The summed E-state index contributed by atoms with van der Waals surface area (Å²) in [5.74, 6) is 6.26. The zero-order valence-corrected chi connectivity index (χ0v) is 10.8. The van der Waals surface area contributed by atoms with Gasteiger partial charge >= 0.3 is 0 Å². The molecular formula is C17H15NO. The minimum atomic E-state index is 0.711. The Morgan fingerprint density at radius 3 is 2.47 bits per heavy atom. The molecule has 2 heteroatoms. The van der Waals surface area contributed by atoms with Crippen molar-refractivity contribution in [1.29, 1.82) is 0 Å². The van der Waals surface area contributed by atoms with Crippen LogP contribution in [0.5, 0.6) is 0 Å². The van der Waals surface area contributed by atoms with Crippen LogP contribution in [0.25, 0.3) is 0 Å². The van der Waals surface area contributed by atoms with Gasteiger partial charge in [-0.1, -0.05) is 54.3 Å². The van der Waals surface area contributed by atoms with Gasteiger partial charge in [-0.15, -0.1) is 0 Å². The summed E-state index contributed by atoms with van der Waals surface area (Å²) < 4.78 is 0.789. The monoisotopic (exact) mass is 249 g/mol. The first-order valence-electron chi connectivity index (χ1n) is 6.12. The normalized spacial score (nSPS) is 10.7. The Morgan fingerprint density at radius 1 is 1.05 bits per heavy atom. The smallest absolute Gasteiger partial charge is 0.182 e. The van der Waals surface area contributed by atoms with Gasteiger partial charge in [0, 0.05) is 12.0 Å². The molecule has 0 bridgehead atoms. The summed E-state index contributed by atoms with van der Waals surface area (Å²) in [6.07, 6.45) is 2.24. The van der Waals surface area contributed by atoms with E-state index in [0.717, 1.165) is 15.9 Å². The number of hydrogen-bond acceptors (Lipinski definition) is 1. The van der Waals surface area contributed by atoms with Gasteiger partial charge in [0.25, 0.3) is 0 Å². The van der Waals surface area contributed by atoms with Crippen molar-refractivity contribution in [1.82, 2.24) is 0 Å². The van der Waals surface area contributed by atoms with E-state index in [-0.39, 0.29) is 0 Å². The Kier molecular flexibility index (Phi) is 4.36. The molecule has 0 N–H and O–H groups in total. The van der Waals surface area contributed by atoms with Crippen LogP contribution in [-0.4, -0.2) is 18.0 Å². The molecule has 0 aromatic heterocycles. The molecule has 19 heavy (non-hydrogen) atoms. The van der Waals surface area contributed by atoms with Crippen LogP contribution in [0, 0.1) is 17.0 Å². The molecule has 0 spiro atoms. The average Bonchev–Trinajstić information content (AvgIpc) is 2.41. The fourth-order valence-electron chi connectivity index (χ4n) is 1.76. The van der Waals surface area contributed by atoms with Gasteiger partial charge in [0.05, 0.1) is 5.56 Å². The van der Waals surface area contributed by atoms with Gasteiger partial charge in [-0.2, -0.15) is 0 Å². The third-order valence-corrected chi connectivity index (χ3v) is 2.64. The van der Waals surface area contributed by atoms with E-state index in [1.165, 1.54) is 18.8 Å². The van der Waals surface area contributed by atoms with Crippen molar-refractivity contribution < 1.29 is 4.74 Å². The van der Waals surface area contributed by atoms with Crippen molar-refractivity contribution in [3.05, 3.63) is 76.5 Å². The number of hydrogen-bond donors (Lipinski definition) is 0. The number of nitrogens with zero attached hydrogens (tertiary/aromatic N) is 1. The maximum Gasteiger partial charge on any atom is 0.182 e. The summed E-state index contributed by atoms with van der Waals surface area (Å²) in [6.45, 7) is 0. The summed E-state index contributed by atoms with van der Waals surface area (Å²) in [7, 11) is 1.47. The van der Waals surface area contributed by atoms with E-state index in [2.05, 4.69) is 24.0 Å². The number of benzene rings is 2. The maximum absolute atomic E-state index is 11.1. The standard InChI is InChI=1S/C17H15NO/c1-18(19)14-17-12-6-5-11-16(17)13-7-10-15-8-3-2-4-9-15/h2-6,8-9,11-12,14H,10H2,1H3/b18-14-. The molecule has 0 heterocycles. The highest BCUT2D eigenvalue weighted by Crippen LogP contribution is 2.05. The van der Waals surface area contributed by atoms with E-state index in [1.807, 2.05) is 42.5 Å². The molecule has 0 aliphatic rings. The van der Waals surface area contributed by atoms with Gasteiger partial charge < -0.3 is 5.21 Å². The van der Waals surface area contributed by atoms with Crippen LogP contribution < -0.4 is 0 Å². The summed E-state index contributed by atoms with van der Waals surface area (Å²) in [5.41, 5.74) is 2.92. The molecule has 0 unspecified atom stereocenters. The topological polar surface area (TPSA) is 26.1 Å². The molecule has 94 valence electrons. The lowest BCUT2D eigenvalue weighted by molar-refractivity contribution is -0.416. The Hall–Kier alpha value is -2.53. The molecule has 0 saturated heterocycles. The van der Waals surface area contributed by atoms with Crippen LogP contribution in [-0.2, 0) is 6.42 Å². The lowest BCUT2D eigenvalue weighted by Gasteiger charge is -1.98. The van der Waals surface area contributed by atoms with E-state index >= 15 is 0 Å². The summed E-state index contributed by atoms with van der Waals surface area (Å²) in [5, 5.41) is 11.1. The lowest BCUT2D eigenvalue weighted by Crippen LogP contribution is -1.99. The second-order valence-electron chi connectivity index (χ2n) is 4.23. The van der Waals surface area contributed by atoms with Crippen molar-refractivity contribution in [3.8, 4) is 11.8 Å². The first kappa shape index (κ1) is 12.9. The minimum absolute atomic E-state index is 0.711. The Morgan fingerprint density at radius 2 is 1.74 bits per heavy atom. The van der Waals surface area contributed by atoms with E-state index in [4.69, 9.17) is 0 Å². The molecule has 0 atom stereocenters. The van der Waals surface area contributed by atoms with Gasteiger partial charge in [-0.05, 0) is 17.7 Å². The highest BCUT2D eigenvalue weighted by atomic mass is 16.5. The van der Waals surface area contributed by atoms with Crippen molar-refractivity contribution in [2.45, 2.75) is 6.42 Å². The molecule has 0 aliphatic heterocycles.